The third kappa shape index (κ3) is 20.2. The zero-order valence-electron chi connectivity index (χ0n) is 45.4. The topological polar surface area (TPSA) is 166 Å². The molecule has 12 heteroatoms. The van der Waals surface area contributed by atoms with Crippen LogP contribution < -0.4 is 22.9 Å². The summed E-state index contributed by atoms with van der Waals surface area (Å²) in [6.45, 7) is 19.4. The zero-order valence-corrected chi connectivity index (χ0v) is 45.4. The number of hydrogen-bond acceptors (Lipinski definition) is 12. The van der Waals surface area contributed by atoms with Gasteiger partial charge in [0.05, 0.1) is 37.9 Å². The zero-order chi connectivity index (χ0) is 49.4. The van der Waals surface area contributed by atoms with Crippen LogP contribution in [0.15, 0.2) is 44.3 Å². The van der Waals surface area contributed by atoms with E-state index in [0.29, 0.717) is 29.6 Å². The molecule has 0 aromatic heterocycles. The molecule has 4 heterocycles. The van der Waals surface area contributed by atoms with E-state index in [1.54, 1.807) is 0 Å². The van der Waals surface area contributed by atoms with Crippen LogP contribution in [0, 0.1) is 35.5 Å². The van der Waals surface area contributed by atoms with Crippen molar-refractivity contribution in [2.75, 3.05) is 105 Å². The normalized spacial score (nSPS) is 24.4. The van der Waals surface area contributed by atoms with E-state index < -0.39 is 0 Å². The molecule has 6 rings (SSSR count). The van der Waals surface area contributed by atoms with Crippen LogP contribution in [0.2, 0.25) is 0 Å². The highest BCUT2D eigenvalue weighted by Crippen LogP contribution is 2.38. The summed E-state index contributed by atoms with van der Waals surface area (Å²) in [4.78, 5) is 29.1. The second-order valence-corrected chi connectivity index (χ2v) is 21.8. The second-order valence-electron chi connectivity index (χ2n) is 21.8. The van der Waals surface area contributed by atoms with Gasteiger partial charge in [-0.15, -0.1) is 0 Å². The molecule has 6 aliphatic rings. The van der Waals surface area contributed by atoms with Gasteiger partial charge in [-0.1, -0.05) is 141 Å². The Morgan fingerprint density at radius 2 is 0.743 bits per heavy atom. The van der Waals surface area contributed by atoms with E-state index in [9.17, 15) is 0 Å². The standard InChI is InChI=1S/2C29H54N6/c1-2-3-4-9-12-26-15-14-25(24-27(26)29-33-19-23-35(29)21-17-31)11-8-6-5-7-10-13-28-32-18-22-34(28)20-16-30;1-2-3-4-8-11-25-14-15-26(27(24-25)29-33-19-23-35(29)21-17-31)12-9-6-5-7-10-13-28-32-18-22-34(28)20-16-30/h2*14-15,25-27H,2-13,16-24,30-31H2,1H3. The van der Waals surface area contributed by atoms with Crippen molar-refractivity contribution in [2.24, 2.45) is 78.4 Å². The fourth-order valence-electron chi connectivity index (χ4n) is 12.5. The second kappa shape index (κ2) is 35.4. The van der Waals surface area contributed by atoms with Gasteiger partial charge in [0.1, 0.15) is 11.7 Å². The Morgan fingerprint density at radius 1 is 0.400 bits per heavy atom. The minimum Gasteiger partial charge on any atom is -0.357 e. The Kier molecular flexibility index (Phi) is 29.4. The van der Waals surface area contributed by atoms with E-state index in [2.05, 4.69) is 67.7 Å². The van der Waals surface area contributed by atoms with Gasteiger partial charge in [-0.2, -0.15) is 0 Å². The average molecular weight is 974 g/mol. The van der Waals surface area contributed by atoms with Crippen molar-refractivity contribution in [3.05, 3.63) is 24.3 Å². The van der Waals surface area contributed by atoms with Crippen LogP contribution in [0.25, 0.3) is 0 Å². The molecule has 8 N–H and O–H groups in total. The number of nitrogens with two attached hydrogens (primary N) is 4. The first-order valence-electron chi connectivity index (χ1n) is 29.8. The third-order valence-corrected chi connectivity index (χ3v) is 16.4. The third-order valence-electron chi connectivity index (χ3n) is 16.4. The van der Waals surface area contributed by atoms with E-state index in [4.69, 9.17) is 32.9 Å². The van der Waals surface area contributed by atoms with Crippen LogP contribution in [-0.2, 0) is 0 Å². The lowest BCUT2D eigenvalue weighted by atomic mass is 9.74. The number of rotatable bonds is 36. The van der Waals surface area contributed by atoms with Gasteiger partial charge in [0.15, 0.2) is 0 Å². The Hall–Kier alpha value is -2.80. The first kappa shape index (κ1) is 58.1. The Morgan fingerprint density at radius 3 is 1.16 bits per heavy atom. The van der Waals surface area contributed by atoms with E-state index in [1.807, 2.05) is 0 Å². The van der Waals surface area contributed by atoms with Gasteiger partial charge in [0.25, 0.3) is 0 Å². The summed E-state index contributed by atoms with van der Waals surface area (Å²) in [6.07, 6.45) is 44.5. The number of nitrogens with zero attached hydrogens (tertiary/aromatic N) is 8. The van der Waals surface area contributed by atoms with Crippen LogP contribution in [0.5, 0.6) is 0 Å². The molecule has 4 aliphatic heterocycles. The highest BCUT2D eigenvalue weighted by Gasteiger charge is 2.35. The summed E-state index contributed by atoms with van der Waals surface area (Å²) >= 11 is 0. The predicted molar refractivity (Wildman–Crippen MR) is 302 cm³/mol. The summed E-state index contributed by atoms with van der Waals surface area (Å²) in [5.41, 5.74) is 23.3. The largest absolute Gasteiger partial charge is 0.357 e. The molecule has 0 aromatic carbocycles. The van der Waals surface area contributed by atoms with Crippen LogP contribution in [-0.4, -0.2) is 148 Å². The van der Waals surface area contributed by atoms with Crippen molar-refractivity contribution in [3.63, 3.8) is 0 Å². The summed E-state index contributed by atoms with van der Waals surface area (Å²) in [6, 6.07) is 0. The molecule has 6 atom stereocenters. The lowest BCUT2D eigenvalue weighted by Gasteiger charge is -2.35. The molecule has 400 valence electrons. The van der Waals surface area contributed by atoms with Crippen molar-refractivity contribution < 1.29 is 0 Å². The van der Waals surface area contributed by atoms with Crippen LogP contribution >= 0.6 is 0 Å². The van der Waals surface area contributed by atoms with Gasteiger partial charge in [-0.3, -0.25) is 20.0 Å². The van der Waals surface area contributed by atoms with Crippen LogP contribution in [0.3, 0.4) is 0 Å². The van der Waals surface area contributed by atoms with Crippen molar-refractivity contribution in [3.8, 4) is 0 Å². The minimum absolute atomic E-state index is 0.596. The fourth-order valence-corrected chi connectivity index (χ4v) is 12.5. The molecule has 70 heavy (non-hydrogen) atoms. The highest BCUT2D eigenvalue weighted by molar-refractivity contribution is 5.87. The maximum atomic E-state index is 5.93. The van der Waals surface area contributed by atoms with E-state index in [-0.39, 0.29) is 0 Å². The summed E-state index contributed by atoms with van der Waals surface area (Å²) in [7, 11) is 0. The first-order valence-corrected chi connectivity index (χ1v) is 29.8. The summed E-state index contributed by atoms with van der Waals surface area (Å²) in [5.74, 6) is 9.32. The number of aliphatic imine (C=N–C) groups is 4. The molecule has 0 amide bonds. The minimum atomic E-state index is 0.596. The molecule has 2 aliphatic carbocycles. The van der Waals surface area contributed by atoms with Crippen LogP contribution in [0.4, 0.5) is 0 Å². The lowest BCUT2D eigenvalue weighted by Crippen LogP contribution is -2.40. The predicted octanol–water partition coefficient (Wildman–Crippen LogP) is 9.68. The quantitative estimate of drug-likeness (QED) is 0.0356. The maximum Gasteiger partial charge on any atom is 0.103 e. The number of unbranched alkanes of at least 4 members (excludes halogenated alkanes) is 14. The highest BCUT2D eigenvalue weighted by atomic mass is 15.3. The monoisotopic (exact) mass is 973 g/mol. The van der Waals surface area contributed by atoms with Gasteiger partial charge in [0, 0.05) is 103 Å². The summed E-state index contributed by atoms with van der Waals surface area (Å²) in [5, 5.41) is 0. The van der Waals surface area contributed by atoms with Crippen molar-refractivity contribution in [1.29, 1.82) is 0 Å². The van der Waals surface area contributed by atoms with Gasteiger partial charge in [0.2, 0.25) is 0 Å². The maximum absolute atomic E-state index is 5.93. The first-order chi connectivity index (χ1) is 34.5. The molecule has 0 radical (unpaired) electrons. The molecule has 0 bridgehead atoms. The van der Waals surface area contributed by atoms with E-state index in [1.165, 1.54) is 177 Å². The molecule has 0 fully saturated rings. The molecular weight excluding hydrogens is 865 g/mol. The van der Waals surface area contributed by atoms with Gasteiger partial charge < -0.3 is 42.5 Å². The number of allylic oxidation sites excluding steroid dienone is 4. The van der Waals surface area contributed by atoms with Crippen molar-refractivity contribution >= 4 is 23.3 Å². The molecule has 0 spiro atoms. The molecule has 0 saturated carbocycles. The molecular formula is C58H108N12. The van der Waals surface area contributed by atoms with E-state index >= 15 is 0 Å². The Labute approximate surface area is 429 Å². The van der Waals surface area contributed by atoms with Gasteiger partial charge in [-0.25, -0.2) is 0 Å². The van der Waals surface area contributed by atoms with Crippen LogP contribution in [0.1, 0.15) is 181 Å². The smallest absolute Gasteiger partial charge is 0.103 e. The number of hydrogen-bond donors (Lipinski definition) is 4. The molecule has 0 saturated heterocycles. The van der Waals surface area contributed by atoms with Crippen molar-refractivity contribution in [1.82, 2.24) is 19.6 Å². The molecule has 12 nitrogen and oxygen atoms in total. The SMILES string of the molecule is CCCCCCC1C=CC(CCCCCCCC2=NCCN2CCN)C(C2=NCCN2CCN)C1.CCCCCCC1C=CC(CCCCCCCC2=NCCN2CCN)CC1C1=NCCN1CCN. The van der Waals surface area contributed by atoms with E-state index in [0.717, 1.165) is 123 Å². The number of amidine groups is 4. The molecule has 0 aromatic rings. The Balaban J connectivity index is 0.000000261. The average Bonchev–Trinajstić information content (AvgIpc) is 4.22. The van der Waals surface area contributed by atoms with Gasteiger partial charge in [-0.05, 0) is 75.0 Å². The summed E-state index contributed by atoms with van der Waals surface area (Å²) < 4.78 is 0. The Bertz CT molecular complexity index is 1570. The van der Waals surface area contributed by atoms with Gasteiger partial charge >= 0.3 is 0 Å². The molecule has 6 unspecified atom stereocenters. The lowest BCUT2D eigenvalue weighted by molar-refractivity contribution is 0.318. The fraction of sp³-hybridized carbons (Fsp3) is 0.862. The van der Waals surface area contributed by atoms with Crippen molar-refractivity contribution in [2.45, 2.75) is 181 Å².